The molecule has 1 N–H and O–H groups in total. The molecular weight excluding hydrogens is 226 g/mol. The number of thioether (sulfide) groups is 1. The van der Waals surface area contributed by atoms with Crippen LogP contribution in [0.1, 0.15) is 38.8 Å². The monoisotopic (exact) mass is 249 g/mol. The van der Waals surface area contributed by atoms with Crippen LogP contribution in [-0.4, -0.2) is 17.5 Å². The standard InChI is InChI=1S/C15H23NS/c1-12(13-7-5-4-6-8-13)16-14-11-17-10-9-15(14,2)3/h4-8,12,14,16H,9-11H2,1-3H3. The van der Waals surface area contributed by atoms with Gasteiger partial charge in [0.15, 0.2) is 0 Å². The van der Waals surface area contributed by atoms with E-state index >= 15 is 0 Å². The molecule has 1 aliphatic rings. The van der Waals surface area contributed by atoms with Gasteiger partial charge >= 0.3 is 0 Å². The van der Waals surface area contributed by atoms with E-state index in [0.29, 0.717) is 17.5 Å². The summed E-state index contributed by atoms with van der Waals surface area (Å²) in [7, 11) is 0. The maximum absolute atomic E-state index is 3.80. The number of benzene rings is 1. The fourth-order valence-electron chi connectivity index (χ4n) is 2.35. The molecule has 0 radical (unpaired) electrons. The highest BCUT2D eigenvalue weighted by Crippen LogP contribution is 2.35. The summed E-state index contributed by atoms with van der Waals surface area (Å²) in [6.07, 6.45) is 1.32. The summed E-state index contributed by atoms with van der Waals surface area (Å²) in [4.78, 5) is 0. The van der Waals surface area contributed by atoms with E-state index in [0.717, 1.165) is 0 Å². The maximum atomic E-state index is 3.80. The average Bonchev–Trinajstić information content (AvgIpc) is 2.33. The quantitative estimate of drug-likeness (QED) is 0.873. The van der Waals surface area contributed by atoms with E-state index in [1.165, 1.54) is 23.5 Å². The second-order valence-electron chi connectivity index (χ2n) is 5.67. The highest BCUT2D eigenvalue weighted by molar-refractivity contribution is 7.99. The van der Waals surface area contributed by atoms with Crippen molar-refractivity contribution in [2.24, 2.45) is 5.41 Å². The average molecular weight is 249 g/mol. The molecule has 2 atom stereocenters. The minimum absolute atomic E-state index is 0.425. The smallest absolute Gasteiger partial charge is 0.0294 e. The molecule has 94 valence electrons. The van der Waals surface area contributed by atoms with Crippen LogP contribution in [-0.2, 0) is 0 Å². The van der Waals surface area contributed by atoms with Crippen molar-refractivity contribution in [3.05, 3.63) is 35.9 Å². The van der Waals surface area contributed by atoms with Gasteiger partial charge in [0, 0.05) is 17.8 Å². The van der Waals surface area contributed by atoms with Gasteiger partial charge in [0.2, 0.25) is 0 Å². The SMILES string of the molecule is CC(NC1CSCCC1(C)C)c1ccccc1. The van der Waals surface area contributed by atoms with Crippen LogP contribution in [0.4, 0.5) is 0 Å². The summed E-state index contributed by atoms with van der Waals surface area (Å²) in [6, 6.07) is 11.8. The summed E-state index contributed by atoms with van der Waals surface area (Å²) in [5, 5.41) is 3.80. The van der Waals surface area contributed by atoms with Gasteiger partial charge in [0.1, 0.15) is 0 Å². The van der Waals surface area contributed by atoms with Gasteiger partial charge in [-0.25, -0.2) is 0 Å². The molecule has 0 saturated carbocycles. The van der Waals surface area contributed by atoms with Crippen molar-refractivity contribution in [3.63, 3.8) is 0 Å². The summed E-state index contributed by atoms with van der Waals surface area (Å²) < 4.78 is 0. The van der Waals surface area contributed by atoms with E-state index in [4.69, 9.17) is 0 Å². The first-order valence-electron chi connectivity index (χ1n) is 6.48. The molecule has 1 aromatic rings. The largest absolute Gasteiger partial charge is 0.306 e. The van der Waals surface area contributed by atoms with E-state index < -0.39 is 0 Å². The molecule has 2 heteroatoms. The molecule has 1 nitrogen and oxygen atoms in total. The zero-order chi connectivity index (χ0) is 12.3. The van der Waals surface area contributed by atoms with E-state index in [2.05, 4.69) is 68.2 Å². The highest BCUT2D eigenvalue weighted by atomic mass is 32.2. The van der Waals surface area contributed by atoms with E-state index in [1.807, 2.05) is 0 Å². The number of nitrogens with one attached hydrogen (secondary N) is 1. The fraction of sp³-hybridized carbons (Fsp3) is 0.600. The Morgan fingerprint density at radius 2 is 2.00 bits per heavy atom. The van der Waals surface area contributed by atoms with Crippen LogP contribution in [0.2, 0.25) is 0 Å². The van der Waals surface area contributed by atoms with Gasteiger partial charge in [-0.3, -0.25) is 0 Å². The first-order chi connectivity index (χ1) is 8.09. The van der Waals surface area contributed by atoms with Crippen LogP contribution in [0.25, 0.3) is 0 Å². The summed E-state index contributed by atoms with van der Waals surface area (Å²) in [5.74, 6) is 2.55. The van der Waals surface area contributed by atoms with E-state index in [-0.39, 0.29) is 0 Å². The van der Waals surface area contributed by atoms with E-state index in [9.17, 15) is 0 Å². The van der Waals surface area contributed by atoms with Crippen LogP contribution < -0.4 is 5.32 Å². The molecule has 0 spiro atoms. The molecule has 17 heavy (non-hydrogen) atoms. The zero-order valence-electron chi connectivity index (χ0n) is 11.1. The van der Waals surface area contributed by atoms with Gasteiger partial charge in [-0.05, 0) is 30.1 Å². The first-order valence-corrected chi connectivity index (χ1v) is 7.64. The Morgan fingerprint density at radius 1 is 1.29 bits per heavy atom. The van der Waals surface area contributed by atoms with Crippen molar-refractivity contribution in [2.75, 3.05) is 11.5 Å². The molecule has 1 saturated heterocycles. The summed E-state index contributed by atoms with van der Waals surface area (Å²) >= 11 is 2.08. The van der Waals surface area contributed by atoms with Gasteiger partial charge in [-0.15, -0.1) is 0 Å². The third kappa shape index (κ3) is 3.26. The number of rotatable bonds is 3. The Kier molecular flexibility index (Phi) is 4.16. The predicted molar refractivity (Wildman–Crippen MR) is 77.5 cm³/mol. The molecule has 1 aromatic carbocycles. The Hall–Kier alpha value is -0.470. The highest BCUT2D eigenvalue weighted by Gasteiger charge is 2.33. The summed E-state index contributed by atoms with van der Waals surface area (Å²) in [5.41, 5.74) is 1.81. The van der Waals surface area contributed by atoms with Crippen molar-refractivity contribution in [1.82, 2.24) is 5.32 Å². The minimum atomic E-state index is 0.425. The third-order valence-corrected chi connectivity index (χ3v) is 4.93. The van der Waals surface area contributed by atoms with Gasteiger partial charge in [-0.2, -0.15) is 11.8 Å². The van der Waals surface area contributed by atoms with E-state index in [1.54, 1.807) is 0 Å². The van der Waals surface area contributed by atoms with Crippen molar-refractivity contribution in [1.29, 1.82) is 0 Å². The molecule has 1 fully saturated rings. The Bertz CT molecular complexity index is 347. The number of hydrogen-bond acceptors (Lipinski definition) is 2. The summed E-state index contributed by atoms with van der Waals surface area (Å²) in [6.45, 7) is 7.05. The van der Waals surface area contributed by atoms with Crippen LogP contribution in [0.3, 0.4) is 0 Å². The third-order valence-electron chi connectivity index (χ3n) is 3.87. The van der Waals surface area contributed by atoms with Crippen LogP contribution in [0.5, 0.6) is 0 Å². The van der Waals surface area contributed by atoms with Crippen molar-refractivity contribution in [2.45, 2.75) is 39.3 Å². The molecule has 0 aromatic heterocycles. The molecular formula is C15H23NS. The molecule has 2 unspecified atom stereocenters. The van der Waals surface area contributed by atoms with Crippen molar-refractivity contribution in [3.8, 4) is 0 Å². The molecule has 0 amide bonds. The predicted octanol–water partition coefficient (Wildman–Crippen LogP) is 3.87. The number of hydrogen-bond donors (Lipinski definition) is 1. The lowest BCUT2D eigenvalue weighted by Crippen LogP contribution is -2.47. The van der Waals surface area contributed by atoms with Gasteiger partial charge in [0.05, 0.1) is 0 Å². The first kappa shape index (κ1) is 13.0. The van der Waals surface area contributed by atoms with Gasteiger partial charge in [-0.1, -0.05) is 44.2 Å². The lowest BCUT2D eigenvalue weighted by Gasteiger charge is -2.40. The second-order valence-corrected chi connectivity index (χ2v) is 6.81. The normalized spacial score (nSPS) is 25.5. The Balaban J connectivity index is 2.00. The van der Waals surface area contributed by atoms with Crippen LogP contribution in [0, 0.1) is 5.41 Å². The minimum Gasteiger partial charge on any atom is -0.306 e. The van der Waals surface area contributed by atoms with Gasteiger partial charge < -0.3 is 5.32 Å². The molecule has 0 bridgehead atoms. The fourth-order valence-corrected chi connectivity index (χ4v) is 3.97. The molecule has 1 aliphatic heterocycles. The van der Waals surface area contributed by atoms with Crippen molar-refractivity contribution < 1.29 is 0 Å². The zero-order valence-corrected chi connectivity index (χ0v) is 11.9. The van der Waals surface area contributed by atoms with Crippen LogP contribution >= 0.6 is 11.8 Å². The topological polar surface area (TPSA) is 12.0 Å². The second kappa shape index (κ2) is 5.45. The lowest BCUT2D eigenvalue weighted by atomic mass is 9.81. The molecule has 2 rings (SSSR count). The van der Waals surface area contributed by atoms with Crippen LogP contribution in [0.15, 0.2) is 30.3 Å². The molecule has 0 aliphatic carbocycles. The lowest BCUT2D eigenvalue weighted by molar-refractivity contribution is 0.232. The Labute approximate surface area is 109 Å². The molecule has 1 heterocycles. The van der Waals surface area contributed by atoms with Gasteiger partial charge in [0.25, 0.3) is 0 Å². The maximum Gasteiger partial charge on any atom is 0.0294 e. The van der Waals surface area contributed by atoms with Crippen molar-refractivity contribution >= 4 is 11.8 Å². The Morgan fingerprint density at radius 3 is 2.65 bits per heavy atom.